The average molecular weight is 255 g/mol. The molecule has 1 aromatic carbocycles. The number of hydrogen-bond donors (Lipinski definition) is 0. The number of benzene rings is 1. The first-order valence-corrected chi connectivity index (χ1v) is 6.19. The predicted molar refractivity (Wildman–Crippen MR) is 74.0 cm³/mol. The van der Waals surface area contributed by atoms with Gasteiger partial charge in [-0.05, 0) is 24.6 Å². The van der Waals surface area contributed by atoms with Crippen LogP contribution in [0, 0.1) is 0 Å². The zero-order chi connectivity index (χ0) is 13.8. The molecule has 4 nitrogen and oxygen atoms in total. The fourth-order valence-electron chi connectivity index (χ4n) is 1.91. The van der Waals surface area contributed by atoms with Gasteiger partial charge in [-0.15, -0.1) is 0 Å². The zero-order valence-corrected chi connectivity index (χ0v) is 11.2. The van der Waals surface area contributed by atoms with Crippen molar-refractivity contribution in [3.05, 3.63) is 54.6 Å². The molecule has 0 aliphatic rings. The second kappa shape index (κ2) is 5.52. The number of rotatable bonds is 4. The third-order valence-electron chi connectivity index (χ3n) is 2.97. The zero-order valence-electron chi connectivity index (χ0n) is 11.2. The van der Waals surface area contributed by atoms with Crippen molar-refractivity contribution < 1.29 is 9.67 Å². The van der Waals surface area contributed by atoms with E-state index in [1.54, 1.807) is 10.6 Å². The molecule has 98 valence electrons. The lowest BCUT2D eigenvalue weighted by Gasteiger charge is -2.08. The van der Waals surface area contributed by atoms with Gasteiger partial charge in [0.2, 0.25) is 0 Å². The molecular formula is C15H17N3O. The number of nitrogens with zero attached hydrogens (tertiary/aromatic N) is 3. The Morgan fingerprint density at radius 1 is 1.42 bits per heavy atom. The van der Waals surface area contributed by atoms with Gasteiger partial charge in [0.05, 0.1) is 25.2 Å². The van der Waals surface area contributed by atoms with Crippen LogP contribution in [0.1, 0.15) is 18.3 Å². The number of hydrogen-bond acceptors (Lipinski definition) is 2. The summed E-state index contributed by atoms with van der Waals surface area (Å²) in [5.41, 5.74) is 1.66. The highest BCUT2D eigenvalue weighted by Crippen LogP contribution is 2.14. The Balaban J connectivity index is 2.36. The van der Waals surface area contributed by atoms with E-state index in [4.69, 9.17) is 0 Å². The first kappa shape index (κ1) is 13.1. The molecular weight excluding hydrogens is 238 g/mol. The minimum Gasteiger partial charge on any atom is -0.853 e. The van der Waals surface area contributed by atoms with Crippen LogP contribution in [0.2, 0.25) is 0 Å². The Hall–Kier alpha value is -2.36. The van der Waals surface area contributed by atoms with E-state index in [1.807, 2.05) is 55.2 Å². The topological polar surface area (TPSA) is 44.2 Å². The molecule has 1 aromatic heterocycles. The Morgan fingerprint density at radius 3 is 2.68 bits per heavy atom. The highest BCUT2D eigenvalue weighted by atomic mass is 16.3. The van der Waals surface area contributed by atoms with Gasteiger partial charge < -0.3 is 5.11 Å². The molecule has 1 heterocycles. The van der Waals surface area contributed by atoms with Gasteiger partial charge >= 0.3 is 0 Å². The van der Waals surface area contributed by atoms with Gasteiger partial charge in [-0.2, -0.15) is 0 Å². The van der Waals surface area contributed by atoms with E-state index in [-0.39, 0.29) is 5.90 Å². The Bertz CT molecular complexity index is 609. The van der Waals surface area contributed by atoms with Crippen molar-refractivity contribution in [1.82, 2.24) is 4.57 Å². The van der Waals surface area contributed by atoms with Crippen LogP contribution in [0.3, 0.4) is 0 Å². The molecule has 0 atom stereocenters. The summed E-state index contributed by atoms with van der Waals surface area (Å²) in [5.74, 6) is 0.344. The van der Waals surface area contributed by atoms with Crippen LogP contribution in [0.5, 0.6) is 0 Å². The summed E-state index contributed by atoms with van der Waals surface area (Å²) in [7, 11) is 1.84. The molecule has 0 saturated carbocycles. The van der Waals surface area contributed by atoms with Crippen LogP contribution in [0.15, 0.2) is 48.2 Å². The van der Waals surface area contributed by atoms with E-state index in [1.165, 1.54) is 0 Å². The maximum absolute atomic E-state index is 12.2. The number of aryl methyl sites for hydroxylation is 2. The fraction of sp³-hybridized carbons (Fsp3) is 0.200. The summed E-state index contributed by atoms with van der Waals surface area (Å²) in [5, 5.41) is 12.2. The summed E-state index contributed by atoms with van der Waals surface area (Å²) in [6.07, 6.45) is 5.49. The second-order valence-electron chi connectivity index (χ2n) is 4.23. The summed E-state index contributed by atoms with van der Waals surface area (Å²) < 4.78 is 3.66. The summed E-state index contributed by atoms with van der Waals surface area (Å²) in [6, 6.07) is 7.40. The van der Waals surface area contributed by atoms with E-state index in [9.17, 15) is 5.11 Å². The monoisotopic (exact) mass is 255 g/mol. The minimum absolute atomic E-state index is 0.235. The SMILES string of the molecule is C=Cc1ccc(/N=C(\[O-])c2n(CC)cc[n+]2C)cc1. The quantitative estimate of drug-likeness (QED) is 0.463. The molecule has 0 unspecified atom stereocenters. The third-order valence-corrected chi connectivity index (χ3v) is 2.97. The van der Waals surface area contributed by atoms with E-state index in [0.717, 1.165) is 12.1 Å². The van der Waals surface area contributed by atoms with Crippen molar-refractivity contribution in [3.8, 4) is 0 Å². The van der Waals surface area contributed by atoms with Crippen molar-refractivity contribution >= 4 is 17.7 Å². The van der Waals surface area contributed by atoms with Crippen LogP contribution in [-0.4, -0.2) is 10.5 Å². The number of imidazole rings is 1. The van der Waals surface area contributed by atoms with Crippen LogP contribution in [-0.2, 0) is 13.6 Å². The Morgan fingerprint density at radius 2 is 2.11 bits per heavy atom. The lowest BCUT2D eigenvalue weighted by Crippen LogP contribution is -2.40. The van der Waals surface area contributed by atoms with Gasteiger partial charge in [0.25, 0.3) is 5.82 Å². The molecule has 0 spiro atoms. The summed E-state index contributed by atoms with van der Waals surface area (Å²) >= 11 is 0. The molecule has 0 N–H and O–H groups in total. The standard InChI is InChI=1S/C15H17N3O/c1-4-12-6-8-13(9-7-12)16-14(19)15-17(3)10-11-18(15)5-2/h4,6-11H,1,5H2,2-3H3. The Kier molecular flexibility index (Phi) is 3.80. The molecule has 2 aromatic rings. The van der Waals surface area contributed by atoms with Crippen molar-refractivity contribution in [2.45, 2.75) is 13.5 Å². The molecule has 0 radical (unpaired) electrons. The number of aliphatic imine (C=N–C) groups is 1. The largest absolute Gasteiger partial charge is 0.853 e. The van der Waals surface area contributed by atoms with Gasteiger partial charge in [-0.25, -0.2) is 9.13 Å². The first-order valence-electron chi connectivity index (χ1n) is 6.19. The van der Waals surface area contributed by atoms with Crippen LogP contribution >= 0.6 is 0 Å². The average Bonchev–Trinajstić information content (AvgIpc) is 2.80. The molecule has 19 heavy (non-hydrogen) atoms. The fourth-order valence-corrected chi connectivity index (χ4v) is 1.91. The van der Waals surface area contributed by atoms with E-state index < -0.39 is 0 Å². The van der Waals surface area contributed by atoms with E-state index in [2.05, 4.69) is 11.6 Å². The van der Waals surface area contributed by atoms with Gasteiger partial charge in [0, 0.05) is 0 Å². The summed E-state index contributed by atoms with van der Waals surface area (Å²) in [4.78, 5) is 4.13. The molecule has 0 bridgehead atoms. The van der Waals surface area contributed by atoms with Gasteiger partial charge in [-0.1, -0.05) is 24.8 Å². The van der Waals surface area contributed by atoms with Crippen LogP contribution < -0.4 is 9.67 Å². The van der Waals surface area contributed by atoms with Crippen LogP contribution in [0.4, 0.5) is 5.69 Å². The van der Waals surface area contributed by atoms with Crippen LogP contribution in [0.25, 0.3) is 6.08 Å². The summed E-state index contributed by atoms with van der Waals surface area (Å²) in [6.45, 7) is 6.43. The lowest BCUT2D eigenvalue weighted by molar-refractivity contribution is -0.674. The normalized spacial score (nSPS) is 11.6. The second-order valence-corrected chi connectivity index (χ2v) is 4.23. The molecule has 4 heteroatoms. The highest BCUT2D eigenvalue weighted by Gasteiger charge is 2.13. The first-order chi connectivity index (χ1) is 9.15. The molecule has 0 fully saturated rings. The Labute approximate surface area is 113 Å². The maximum Gasteiger partial charge on any atom is 0.292 e. The highest BCUT2D eigenvalue weighted by molar-refractivity contribution is 5.87. The lowest BCUT2D eigenvalue weighted by atomic mass is 10.2. The van der Waals surface area contributed by atoms with Crippen molar-refractivity contribution in [3.63, 3.8) is 0 Å². The molecule has 0 amide bonds. The molecule has 0 aliphatic heterocycles. The van der Waals surface area contributed by atoms with Crippen molar-refractivity contribution in [2.24, 2.45) is 12.0 Å². The third kappa shape index (κ3) is 2.73. The number of aromatic nitrogens is 2. The van der Waals surface area contributed by atoms with Gasteiger partial charge in [0.15, 0.2) is 0 Å². The molecule has 0 saturated heterocycles. The van der Waals surface area contributed by atoms with Gasteiger partial charge in [0.1, 0.15) is 12.4 Å². The van der Waals surface area contributed by atoms with E-state index in [0.29, 0.717) is 11.5 Å². The van der Waals surface area contributed by atoms with E-state index >= 15 is 0 Å². The predicted octanol–water partition coefficient (Wildman–Crippen LogP) is 1.41. The maximum atomic E-state index is 12.2. The van der Waals surface area contributed by atoms with Gasteiger partial charge in [-0.3, -0.25) is 4.99 Å². The van der Waals surface area contributed by atoms with Crippen molar-refractivity contribution in [2.75, 3.05) is 0 Å². The molecule has 0 aliphatic carbocycles. The smallest absolute Gasteiger partial charge is 0.292 e. The molecule has 2 rings (SSSR count). The minimum atomic E-state index is -0.235. The van der Waals surface area contributed by atoms with Crippen molar-refractivity contribution in [1.29, 1.82) is 0 Å².